The molecule has 0 amide bonds. The molecule has 0 saturated carbocycles. The van der Waals surface area contributed by atoms with Crippen molar-refractivity contribution in [1.82, 2.24) is 0 Å². The highest BCUT2D eigenvalue weighted by molar-refractivity contribution is 5.91. The molecule has 5 heteroatoms. The second-order valence-electron chi connectivity index (χ2n) is 5.19. The minimum atomic E-state index is -1.23. The average Bonchev–Trinajstić information content (AvgIpc) is 2.42. The quantitative estimate of drug-likeness (QED) is 0.889. The Labute approximate surface area is 117 Å². The highest BCUT2D eigenvalue weighted by Gasteiger charge is 2.23. The standard InChI is InChI=1S/C15H20FNO3/c1-3-11-8-10(6-7-20-11)17-12-5-4-9(2)13(14(12)16)15(18)19/h4-5,10-11,17H,3,6-8H2,1-2H3,(H,18,19). The van der Waals surface area contributed by atoms with Crippen molar-refractivity contribution < 1.29 is 19.0 Å². The summed E-state index contributed by atoms with van der Waals surface area (Å²) in [5.74, 6) is -1.92. The number of halogens is 1. The fourth-order valence-electron chi connectivity index (χ4n) is 2.56. The summed E-state index contributed by atoms with van der Waals surface area (Å²) in [7, 11) is 0. The number of nitrogens with one attached hydrogen (secondary N) is 1. The van der Waals surface area contributed by atoms with Crippen LogP contribution in [0.5, 0.6) is 0 Å². The number of aryl methyl sites for hydroxylation is 1. The van der Waals surface area contributed by atoms with Crippen LogP contribution in [-0.4, -0.2) is 29.8 Å². The van der Waals surface area contributed by atoms with E-state index in [1.807, 2.05) is 0 Å². The van der Waals surface area contributed by atoms with Crippen molar-refractivity contribution in [3.63, 3.8) is 0 Å². The second-order valence-corrected chi connectivity index (χ2v) is 5.19. The van der Waals surface area contributed by atoms with Crippen molar-refractivity contribution >= 4 is 11.7 Å². The molecule has 1 saturated heterocycles. The molecule has 2 unspecified atom stereocenters. The first-order chi connectivity index (χ1) is 9.52. The second kappa shape index (κ2) is 6.22. The molecule has 2 rings (SSSR count). The Morgan fingerprint density at radius 2 is 2.30 bits per heavy atom. The first-order valence-corrected chi connectivity index (χ1v) is 6.93. The first-order valence-electron chi connectivity index (χ1n) is 6.93. The number of aromatic carboxylic acids is 1. The van der Waals surface area contributed by atoms with Crippen LogP contribution >= 0.6 is 0 Å². The Hall–Kier alpha value is -1.62. The molecule has 0 spiro atoms. The maximum Gasteiger partial charge on any atom is 0.339 e. The monoisotopic (exact) mass is 281 g/mol. The summed E-state index contributed by atoms with van der Waals surface area (Å²) in [4.78, 5) is 11.1. The average molecular weight is 281 g/mol. The largest absolute Gasteiger partial charge is 0.478 e. The molecule has 2 atom stereocenters. The normalized spacial score (nSPS) is 22.6. The van der Waals surface area contributed by atoms with Crippen LogP contribution in [0.4, 0.5) is 10.1 Å². The topological polar surface area (TPSA) is 58.6 Å². The minimum Gasteiger partial charge on any atom is -0.478 e. The fraction of sp³-hybridized carbons (Fsp3) is 0.533. The molecule has 0 bridgehead atoms. The van der Waals surface area contributed by atoms with Crippen LogP contribution < -0.4 is 5.32 Å². The van der Waals surface area contributed by atoms with Gasteiger partial charge in [-0.15, -0.1) is 0 Å². The summed E-state index contributed by atoms with van der Waals surface area (Å²) >= 11 is 0. The lowest BCUT2D eigenvalue weighted by Gasteiger charge is -2.30. The molecule has 20 heavy (non-hydrogen) atoms. The molecule has 2 N–H and O–H groups in total. The van der Waals surface area contributed by atoms with Gasteiger partial charge in [0.2, 0.25) is 0 Å². The molecule has 0 aliphatic carbocycles. The zero-order valence-electron chi connectivity index (χ0n) is 11.8. The smallest absolute Gasteiger partial charge is 0.339 e. The van der Waals surface area contributed by atoms with Gasteiger partial charge in [-0.05, 0) is 37.8 Å². The number of carboxylic acid groups (broad SMARTS) is 1. The maximum atomic E-state index is 14.2. The van der Waals surface area contributed by atoms with E-state index in [1.165, 1.54) is 0 Å². The molecule has 1 aliphatic heterocycles. The van der Waals surface area contributed by atoms with E-state index >= 15 is 0 Å². The molecule has 1 aromatic rings. The van der Waals surface area contributed by atoms with Gasteiger partial charge in [0, 0.05) is 12.6 Å². The molecular weight excluding hydrogens is 261 g/mol. The summed E-state index contributed by atoms with van der Waals surface area (Å²) in [5.41, 5.74) is 0.433. The predicted molar refractivity (Wildman–Crippen MR) is 74.8 cm³/mol. The van der Waals surface area contributed by atoms with Crippen LogP contribution in [0, 0.1) is 12.7 Å². The molecule has 1 heterocycles. The zero-order chi connectivity index (χ0) is 14.7. The van der Waals surface area contributed by atoms with Gasteiger partial charge in [0.05, 0.1) is 11.8 Å². The third-order valence-corrected chi connectivity index (χ3v) is 3.75. The molecule has 4 nitrogen and oxygen atoms in total. The van der Waals surface area contributed by atoms with E-state index in [1.54, 1.807) is 19.1 Å². The van der Waals surface area contributed by atoms with Crippen LogP contribution in [0.1, 0.15) is 42.1 Å². The van der Waals surface area contributed by atoms with Crippen molar-refractivity contribution in [2.45, 2.75) is 45.3 Å². The number of ether oxygens (including phenoxy) is 1. The highest BCUT2D eigenvalue weighted by Crippen LogP contribution is 2.25. The summed E-state index contributed by atoms with van der Waals surface area (Å²) in [5, 5.41) is 12.2. The summed E-state index contributed by atoms with van der Waals surface area (Å²) in [6.07, 6.45) is 2.72. The van der Waals surface area contributed by atoms with Crippen molar-refractivity contribution in [3.05, 3.63) is 29.1 Å². The predicted octanol–water partition coefficient (Wildman–Crippen LogP) is 3.20. The van der Waals surface area contributed by atoms with E-state index in [0.29, 0.717) is 12.2 Å². The number of benzene rings is 1. The summed E-state index contributed by atoms with van der Waals surface area (Å²) in [6, 6.07) is 3.35. The molecule has 0 aromatic heterocycles. The van der Waals surface area contributed by atoms with Crippen molar-refractivity contribution in [2.24, 2.45) is 0 Å². The van der Waals surface area contributed by atoms with Gasteiger partial charge in [-0.1, -0.05) is 13.0 Å². The van der Waals surface area contributed by atoms with Crippen LogP contribution in [0.15, 0.2) is 12.1 Å². The van der Waals surface area contributed by atoms with E-state index in [4.69, 9.17) is 9.84 Å². The first kappa shape index (κ1) is 14.8. The SMILES string of the molecule is CCC1CC(Nc2ccc(C)c(C(=O)O)c2F)CCO1. The third kappa shape index (κ3) is 3.10. The van der Waals surface area contributed by atoms with Crippen LogP contribution in [0.2, 0.25) is 0 Å². The van der Waals surface area contributed by atoms with Gasteiger partial charge in [-0.2, -0.15) is 0 Å². The summed E-state index contributed by atoms with van der Waals surface area (Å²) in [6.45, 7) is 4.30. The lowest BCUT2D eigenvalue weighted by atomic mass is 10.0. The van der Waals surface area contributed by atoms with E-state index < -0.39 is 11.8 Å². The van der Waals surface area contributed by atoms with Crippen LogP contribution in [0.25, 0.3) is 0 Å². The van der Waals surface area contributed by atoms with E-state index in [0.717, 1.165) is 19.3 Å². The Balaban J connectivity index is 2.17. The van der Waals surface area contributed by atoms with Crippen LogP contribution in [0.3, 0.4) is 0 Å². The highest BCUT2D eigenvalue weighted by atomic mass is 19.1. The summed E-state index contributed by atoms with van der Waals surface area (Å²) < 4.78 is 19.8. The van der Waals surface area contributed by atoms with Gasteiger partial charge < -0.3 is 15.2 Å². The van der Waals surface area contributed by atoms with Gasteiger partial charge in [0.25, 0.3) is 0 Å². The van der Waals surface area contributed by atoms with Gasteiger partial charge in [0.1, 0.15) is 5.56 Å². The molecule has 1 aliphatic rings. The van der Waals surface area contributed by atoms with Gasteiger partial charge in [0.15, 0.2) is 5.82 Å². The Morgan fingerprint density at radius 3 is 2.95 bits per heavy atom. The van der Waals surface area contributed by atoms with E-state index in [2.05, 4.69) is 12.2 Å². The van der Waals surface area contributed by atoms with Crippen molar-refractivity contribution in [2.75, 3.05) is 11.9 Å². The van der Waals surface area contributed by atoms with E-state index in [9.17, 15) is 9.18 Å². The minimum absolute atomic E-state index is 0.118. The number of hydrogen-bond acceptors (Lipinski definition) is 3. The van der Waals surface area contributed by atoms with Gasteiger partial charge in [-0.3, -0.25) is 0 Å². The van der Waals surface area contributed by atoms with Gasteiger partial charge >= 0.3 is 5.97 Å². The number of hydrogen-bond donors (Lipinski definition) is 2. The fourth-order valence-corrected chi connectivity index (χ4v) is 2.56. The lowest BCUT2D eigenvalue weighted by molar-refractivity contribution is 0.00920. The lowest BCUT2D eigenvalue weighted by Crippen LogP contribution is -2.34. The zero-order valence-corrected chi connectivity index (χ0v) is 11.8. The number of carbonyl (C=O) groups is 1. The molecule has 110 valence electrons. The number of rotatable bonds is 4. The van der Waals surface area contributed by atoms with Crippen molar-refractivity contribution in [3.8, 4) is 0 Å². The van der Waals surface area contributed by atoms with Crippen LogP contribution in [-0.2, 0) is 4.74 Å². The third-order valence-electron chi connectivity index (χ3n) is 3.75. The number of carboxylic acids is 1. The molecular formula is C15H20FNO3. The van der Waals surface area contributed by atoms with Crippen molar-refractivity contribution in [1.29, 1.82) is 0 Å². The Morgan fingerprint density at radius 1 is 1.55 bits per heavy atom. The Kier molecular flexibility index (Phi) is 4.60. The molecule has 1 aromatic carbocycles. The molecule has 0 radical (unpaired) electrons. The number of anilines is 1. The maximum absolute atomic E-state index is 14.2. The van der Waals surface area contributed by atoms with Gasteiger partial charge in [-0.25, -0.2) is 9.18 Å². The molecule has 1 fully saturated rings. The Bertz CT molecular complexity index is 504. The van der Waals surface area contributed by atoms with E-state index in [-0.39, 0.29) is 23.4 Å².